The topological polar surface area (TPSA) is 128 Å². The van der Waals surface area contributed by atoms with E-state index in [2.05, 4.69) is 5.32 Å². The third kappa shape index (κ3) is 4.93. The molecule has 0 aliphatic carbocycles. The normalized spacial score (nSPS) is 17.1. The van der Waals surface area contributed by atoms with Crippen LogP contribution >= 0.6 is 0 Å². The van der Waals surface area contributed by atoms with Crippen LogP contribution in [0.15, 0.2) is 53.4 Å². The molecular formula is C19H21FN4O6S. The van der Waals surface area contributed by atoms with Gasteiger partial charge >= 0.3 is 6.03 Å². The molecule has 1 aliphatic rings. The van der Waals surface area contributed by atoms with Crippen LogP contribution in [0.2, 0.25) is 0 Å². The lowest BCUT2D eigenvalue weighted by atomic mass is 10.2. The molecule has 1 aliphatic heterocycles. The summed E-state index contributed by atoms with van der Waals surface area (Å²) in [5, 5.41) is 11.5. The van der Waals surface area contributed by atoms with E-state index in [1.165, 1.54) is 66.0 Å². The molecule has 1 heterocycles. The van der Waals surface area contributed by atoms with Crippen molar-refractivity contribution in [1.29, 1.82) is 0 Å². The fourth-order valence-electron chi connectivity index (χ4n) is 3.14. The Labute approximate surface area is 178 Å². The minimum absolute atomic E-state index is 0.0693. The smallest absolute Gasteiger partial charge is 0.317 e. The zero-order valence-corrected chi connectivity index (χ0v) is 17.3. The van der Waals surface area contributed by atoms with Gasteiger partial charge in [0.05, 0.1) is 4.90 Å². The van der Waals surface area contributed by atoms with Gasteiger partial charge in [-0.05, 0) is 48.5 Å². The van der Waals surface area contributed by atoms with Crippen molar-refractivity contribution < 1.29 is 32.3 Å². The lowest BCUT2D eigenvalue weighted by Crippen LogP contribution is -2.62. The number of halogens is 1. The number of piperazine rings is 1. The number of carbonyl (C=O) groups excluding carboxylic acids is 2. The van der Waals surface area contributed by atoms with Gasteiger partial charge in [0.25, 0.3) is 5.91 Å². The van der Waals surface area contributed by atoms with Crippen LogP contribution in [-0.2, 0) is 14.8 Å². The monoisotopic (exact) mass is 452 g/mol. The van der Waals surface area contributed by atoms with Crippen LogP contribution in [0.3, 0.4) is 0 Å². The summed E-state index contributed by atoms with van der Waals surface area (Å²) >= 11 is 0. The highest BCUT2D eigenvalue weighted by Crippen LogP contribution is 2.26. The Kier molecular flexibility index (Phi) is 6.73. The number of hydrogen-bond acceptors (Lipinski definition) is 6. The van der Waals surface area contributed by atoms with Crippen LogP contribution < -0.4 is 15.5 Å². The van der Waals surface area contributed by atoms with Crippen molar-refractivity contribution in [3.63, 3.8) is 0 Å². The van der Waals surface area contributed by atoms with E-state index in [4.69, 9.17) is 9.94 Å². The van der Waals surface area contributed by atoms with Crippen molar-refractivity contribution in [1.82, 2.24) is 20.0 Å². The second kappa shape index (κ2) is 9.29. The minimum atomic E-state index is -4.12. The quantitative estimate of drug-likeness (QED) is 0.461. The Morgan fingerprint density at radius 2 is 1.65 bits per heavy atom. The Morgan fingerprint density at radius 1 is 1.06 bits per heavy atom. The number of nitrogens with one attached hydrogen (secondary N) is 2. The zero-order chi connectivity index (χ0) is 22.6. The fraction of sp³-hybridized carbons (Fsp3) is 0.263. The molecule has 2 aromatic carbocycles. The summed E-state index contributed by atoms with van der Waals surface area (Å²) in [4.78, 5) is 25.2. The maximum absolute atomic E-state index is 13.1. The molecule has 0 bridgehead atoms. The molecule has 3 rings (SSSR count). The second-order valence-corrected chi connectivity index (χ2v) is 8.53. The summed E-state index contributed by atoms with van der Waals surface area (Å²) in [5.74, 6) is -0.651. The predicted molar refractivity (Wildman–Crippen MR) is 107 cm³/mol. The molecule has 0 spiro atoms. The van der Waals surface area contributed by atoms with Gasteiger partial charge in [0.2, 0.25) is 10.0 Å². The number of carbonyl (C=O) groups is 2. The molecule has 2 aromatic rings. The molecule has 3 N–H and O–H groups in total. The molecule has 0 unspecified atom stereocenters. The predicted octanol–water partition coefficient (Wildman–Crippen LogP) is 1.14. The standard InChI is InChI=1S/C19H21FN4O6S/c1-21-19(26)23-10-11-24(17(12-23)18(25)22-27)31(28,29)16-8-6-15(7-9-16)30-14-4-2-13(20)3-5-14/h2-9,17,27H,10-12H2,1H3,(H,21,26)(H,22,25)/t17-/m1/s1. The number of nitrogens with zero attached hydrogens (tertiary/aromatic N) is 2. The molecule has 31 heavy (non-hydrogen) atoms. The molecule has 12 heteroatoms. The lowest BCUT2D eigenvalue weighted by molar-refractivity contribution is -0.134. The van der Waals surface area contributed by atoms with E-state index in [1.54, 1.807) is 0 Å². The van der Waals surface area contributed by atoms with Crippen LogP contribution in [0, 0.1) is 5.82 Å². The summed E-state index contributed by atoms with van der Waals surface area (Å²) in [7, 11) is -2.70. The van der Waals surface area contributed by atoms with Gasteiger partial charge in [-0.15, -0.1) is 0 Å². The number of ether oxygens (including phenoxy) is 1. The maximum atomic E-state index is 13.1. The van der Waals surface area contributed by atoms with Crippen molar-refractivity contribution in [2.45, 2.75) is 10.9 Å². The van der Waals surface area contributed by atoms with Gasteiger partial charge in [-0.2, -0.15) is 4.31 Å². The molecule has 0 aromatic heterocycles. The van der Waals surface area contributed by atoms with Gasteiger partial charge in [0.15, 0.2) is 0 Å². The van der Waals surface area contributed by atoms with Gasteiger partial charge in [-0.3, -0.25) is 10.0 Å². The van der Waals surface area contributed by atoms with Crippen molar-refractivity contribution in [3.05, 3.63) is 54.3 Å². The highest BCUT2D eigenvalue weighted by molar-refractivity contribution is 7.89. The average molecular weight is 452 g/mol. The molecule has 0 radical (unpaired) electrons. The van der Waals surface area contributed by atoms with E-state index in [9.17, 15) is 22.4 Å². The summed E-state index contributed by atoms with van der Waals surface area (Å²) in [6.45, 7) is -0.293. The Balaban J connectivity index is 1.81. The zero-order valence-electron chi connectivity index (χ0n) is 16.5. The van der Waals surface area contributed by atoms with Crippen LogP contribution in [-0.4, -0.2) is 67.5 Å². The maximum Gasteiger partial charge on any atom is 0.317 e. The van der Waals surface area contributed by atoms with Crippen LogP contribution in [0.5, 0.6) is 11.5 Å². The van der Waals surface area contributed by atoms with Crippen LogP contribution in [0.4, 0.5) is 9.18 Å². The van der Waals surface area contributed by atoms with E-state index in [-0.39, 0.29) is 24.5 Å². The number of sulfonamides is 1. The summed E-state index contributed by atoms with van der Waals surface area (Å²) in [5.41, 5.74) is 1.46. The van der Waals surface area contributed by atoms with Gasteiger partial charge in [-0.1, -0.05) is 0 Å². The first-order valence-electron chi connectivity index (χ1n) is 9.22. The second-order valence-electron chi connectivity index (χ2n) is 6.64. The van der Waals surface area contributed by atoms with Crippen LogP contribution in [0.25, 0.3) is 0 Å². The van der Waals surface area contributed by atoms with Crippen molar-refractivity contribution in [3.8, 4) is 11.5 Å². The molecule has 1 fully saturated rings. The van der Waals surface area contributed by atoms with E-state index >= 15 is 0 Å². The Morgan fingerprint density at radius 3 is 2.19 bits per heavy atom. The molecule has 1 atom stereocenters. The third-order valence-electron chi connectivity index (χ3n) is 4.72. The Bertz CT molecular complexity index is 1050. The van der Waals surface area contributed by atoms with E-state index in [0.29, 0.717) is 11.5 Å². The first-order valence-corrected chi connectivity index (χ1v) is 10.7. The van der Waals surface area contributed by atoms with E-state index in [1.807, 2.05) is 0 Å². The number of rotatable bonds is 5. The summed E-state index contributed by atoms with van der Waals surface area (Å²) in [6.07, 6.45) is 0. The van der Waals surface area contributed by atoms with Gasteiger partial charge in [0.1, 0.15) is 23.4 Å². The van der Waals surface area contributed by atoms with Gasteiger partial charge in [-0.25, -0.2) is 23.1 Å². The molecule has 3 amide bonds. The van der Waals surface area contributed by atoms with Crippen molar-refractivity contribution >= 4 is 22.0 Å². The molecule has 10 nitrogen and oxygen atoms in total. The number of amides is 3. The third-order valence-corrected chi connectivity index (χ3v) is 6.65. The molecule has 0 saturated carbocycles. The first kappa shape index (κ1) is 22.5. The fourth-order valence-corrected chi connectivity index (χ4v) is 4.71. The highest BCUT2D eigenvalue weighted by atomic mass is 32.2. The summed E-state index contributed by atoms with van der Waals surface area (Å²) < 4.78 is 45.8. The summed E-state index contributed by atoms with van der Waals surface area (Å²) in [6, 6.07) is 9.05. The number of hydrogen-bond donors (Lipinski definition) is 3. The van der Waals surface area contributed by atoms with Gasteiger partial charge in [0, 0.05) is 26.7 Å². The number of benzene rings is 2. The SMILES string of the molecule is CNC(=O)N1CCN(S(=O)(=O)c2ccc(Oc3ccc(F)cc3)cc2)[C@@H](C(=O)NO)C1. The van der Waals surface area contributed by atoms with Crippen molar-refractivity contribution in [2.75, 3.05) is 26.7 Å². The highest BCUT2D eigenvalue weighted by Gasteiger charge is 2.41. The number of urea groups is 1. The first-order chi connectivity index (χ1) is 14.8. The Hall–Kier alpha value is -3.22. The molecule has 166 valence electrons. The lowest BCUT2D eigenvalue weighted by Gasteiger charge is -2.38. The van der Waals surface area contributed by atoms with Crippen LogP contribution in [0.1, 0.15) is 0 Å². The average Bonchev–Trinajstić information content (AvgIpc) is 2.79. The largest absolute Gasteiger partial charge is 0.457 e. The van der Waals surface area contributed by atoms with E-state index in [0.717, 1.165) is 4.31 Å². The minimum Gasteiger partial charge on any atom is -0.457 e. The number of hydroxylamine groups is 1. The van der Waals surface area contributed by atoms with Crippen molar-refractivity contribution in [2.24, 2.45) is 0 Å². The molecular weight excluding hydrogens is 431 g/mol. The molecule has 1 saturated heterocycles. The van der Waals surface area contributed by atoms with E-state index < -0.39 is 33.8 Å². The van der Waals surface area contributed by atoms with Gasteiger partial charge < -0.3 is 15.0 Å².